The number of benzene rings is 2. The van der Waals surface area contributed by atoms with Gasteiger partial charge in [-0.25, -0.2) is 0 Å². The van der Waals surface area contributed by atoms with Gasteiger partial charge in [-0.15, -0.1) is 0 Å². The van der Waals surface area contributed by atoms with Crippen molar-refractivity contribution in [2.75, 3.05) is 16.8 Å². The van der Waals surface area contributed by atoms with E-state index < -0.39 is 10.5 Å². The molecule has 2 aromatic rings. The summed E-state index contributed by atoms with van der Waals surface area (Å²) in [6, 6.07) is 10.00. The average molecular weight is 397 g/mol. The van der Waals surface area contributed by atoms with Gasteiger partial charge in [0.05, 0.1) is 10.6 Å². The van der Waals surface area contributed by atoms with Crippen LogP contribution >= 0.6 is 0 Å². The van der Waals surface area contributed by atoms with Crippen molar-refractivity contribution in [3.8, 4) is 5.75 Å². The average Bonchev–Trinajstić information content (AvgIpc) is 2.62. The number of anilines is 2. The summed E-state index contributed by atoms with van der Waals surface area (Å²) in [6.45, 7) is 7.13. The van der Waals surface area contributed by atoms with Gasteiger partial charge in [0.1, 0.15) is 5.75 Å². The monoisotopic (exact) mass is 397 g/mol. The van der Waals surface area contributed by atoms with Crippen LogP contribution in [0.1, 0.15) is 31.4 Å². The van der Waals surface area contributed by atoms with Gasteiger partial charge >= 0.3 is 0 Å². The van der Waals surface area contributed by atoms with E-state index in [1.165, 1.54) is 12.1 Å². The maximum absolute atomic E-state index is 12.8. The fourth-order valence-corrected chi connectivity index (χ4v) is 3.27. The van der Waals surface area contributed by atoms with Gasteiger partial charge in [0.15, 0.2) is 5.60 Å². The Hall–Kier alpha value is -3.42. The molecule has 2 amide bonds. The lowest BCUT2D eigenvalue weighted by Crippen LogP contribution is -2.53. The molecule has 152 valence electrons. The van der Waals surface area contributed by atoms with Gasteiger partial charge in [-0.3, -0.25) is 19.7 Å². The van der Waals surface area contributed by atoms with Gasteiger partial charge in [0.2, 0.25) is 5.91 Å². The third kappa shape index (κ3) is 4.21. The lowest BCUT2D eigenvalue weighted by atomic mass is 10.0. The van der Waals surface area contributed by atoms with Crippen molar-refractivity contribution in [3.63, 3.8) is 0 Å². The summed E-state index contributed by atoms with van der Waals surface area (Å²) in [4.78, 5) is 37.3. The maximum Gasteiger partial charge on any atom is 0.272 e. The third-order valence-corrected chi connectivity index (χ3v) is 4.77. The van der Waals surface area contributed by atoms with Crippen LogP contribution in [-0.2, 0) is 9.59 Å². The quantitative estimate of drug-likeness (QED) is 0.612. The van der Waals surface area contributed by atoms with Crippen LogP contribution in [0.15, 0.2) is 36.4 Å². The largest absolute Gasteiger partial charge is 0.476 e. The number of nitrogens with zero attached hydrogens (tertiary/aromatic N) is 2. The first-order valence-corrected chi connectivity index (χ1v) is 9.25. The molecule has 0 atom stereocenters. The number of nitrogens with one attached hydrogen (secondary N) is 1. The molecular formula is C21H23N3O5. The number of amides is 2. The predicted molar refractivity (Wildman–Crippen MR) is 109 cm³/mol. The minimum atomic E-state index is -1.02. The highest BCUT2D eigenvalue weighted by Crippen LogP contribution is 2.38. The van der Waals surface area contributed by atoms with Crippen molar-refractivity contribution < 1.29 is 19.2 Å². The Morgan fingerprint density at radius 3 is 2.59 bits per heavy atom. The van der Waals surface area contributed by atoms with Crippen molar-refractivity contribution in [1.29, 1.82) is 0 Å². The number of nitro benzene ring substituents is 1. The molecule has 1 aliphatic rings. The summed E-state index contributed by atoms with van der Waals surface area (Å²) in [6.07, 6.45) is 0.0746. The fraction of sp³-hybridized carbons (Fsp3) is 0.333. The zero-order valence-electron chi connectivity index (χ0n) is 16.8. The Morgan fingerprint density at radius 1 is 1.21 bits per heavy atom. The van der Waals surface area contributed by atoms with Gasteiger partial charge < -0.3 is 15.0 Å². The van der Waals surface area contributed by atoms with E-state index in [0.29, 0.717) is 22.7 Å². The molecular weight excluding hydrogens is 374 g/mol. The third-order valence-electron chi connectivity index (χ3n) is 4.77. The van der Waals surface area contributed by atoms with Gasteiger partial charge in [-0.05, 0) is 57.5 Å². The van der Waals surface area contributed by atoms with E-state index in [0.717, 1.165) is 5.56 Å². The molecule has 1 N–H and O–H groups in total. The molecule has 0 radical (unpaired) electrons. The number of carbonyl (C=O) groups excluding carboxylic acids is 2. The minimum absolute atomic E-state index is 0.00359. The molecule has 0 saturated carbocycles. The second kappa shape index (κ2) is 7.54. The van der Waals surface area contributed by atoms with Crippen molar-refractivity contribution in [3.05, 3.63) is 57.6 Å². The molecule has 0 unspecified atom stereocenters. The molecule has 8 heteroatoms. The molecule has 0 fully saturated rings. The van der Waals surface area contributed by atoms with E-state index >= 15 is 0 Å². The molecule has 0 spiro atoms. The topological polar surface area (TPSA) is 102 Å². The highest BCUT2D eigenvalue weighted by molar-refractivity contribution is 6.03. The number of ether oxygens (including phenoxy) is 1. The summed E-state index contributed by atoms with van der Waals surface area (Å²) in [5, 5.41) is 13.6. The number of hydrogen-bond donors (Lipinski definition) is 1. The Bertz CT molecular complexity index is 1000. The van der Waals surface area contributed by atoms with E-state index in [1.54, 1.807) is 31.7 Å². The predicted octanol–water partition coefficient (Wildman–Crippen LogP) is 3.74. The molecule has 1 aliphatic heterocycles. The maximum atomic E-state index is 12.8. The molecule has 1 heterocycles. The van der Waals surface area contributed by atoms with Crippen LogP contribution in [0.2, 0.25) is 0 Å². The molecule has 0 saturated heterocycles. The Labute approximate surface area is 168 Å². The number of rotatable bonds is 5. The van der Waals surface area contributed by atoms with Crippen LogP contribution in [0.3, 0.4) is 0 Å². The standard InChI is InChI=1S/C21H23N3O5/c1-13-5-8-18-17(11-13)23(20(26)21(3,4)29-18)10-9-19(25)22-15-6-7-16(24(27)28)14(2)12-15/h5-8,11-12H,9-10H2,1-4H3,(H,22,25). The smallest absolute Gasteiger partial charge is 0.272 e. The van der Waals surface area contributed by atoms with Crippen molar-refractivity contribution >= 4 is 28.9 Å². The zero-order valence-corrected chi connectivity index (χ0v) is 16.8. The number of hydrogen-bond acceptors (Lipinski definition) is 5. The first-order chi connectivity index (χ1) is 13.6. The molecule has 29 heavy (non-hydrogen) atoms. The summed E-state index contributed by atoms with van der Waals surface area (Å²) in [5.41, 5.74) is 1.54. The highest BCUT2D eigenvalue weighted by Gasteiger charge is 2.40. The van der Waals surface area contributed by atoms with Crippen LogP contribution in [0.5, 0.6) is 5.75 Å². The molecule has 0 bridgehead atoms. The second-order valence-corrected chi connectivity index (χ2v) is 7.60. The number of nitro groups is 1. The number of aryl methyl sites for hydroxylation is 2. The summed E-state index contributed by atoms with van der Waals surface area (Å²) in [5.74, 6) is 0.103. The molecule has 3 rings (SSSR count). The Kier molecular flexibility index (Phi) is 5.28. The highest BCUT2D eigenvalue weighted by atomic mass is 16.6. The minimum Gasteiger partial charge on any atom is -0.476 e. The number of carbonyl (C=O) groups is 2. The van der Waals surface area contributed by atoms with E-state index in [1.807, 2.05) is 25.1 Å². The van der Waals surface area contributed by atoms with Crippen molar-refractivity contribution in [1.82, 2.24) is 0 Å². The molecule has 0 aromatic heterocycles. The van der Waals surface area contributed by atoms with E-state index in [2.05, 4.69) is 5.32 Å². The van der Waals surface area contributed by atoms with E-state index in [9.17, 15) is 19.7 Å². The molecule has 0 aliphatic carbocycles. The molecule has 2 aromatic carbocycles. The van der Waals surface area contributed by atoms with Crippen molar-refractivity contribution in [2.45, 2.75) is 39.7 Å². The fourth-order valence-electron chi connectivity index (χ4n) is 3.27. The summed E-state index contributed by atoms with van der Waals surface area (Å²) in [7, 11) is 0. The number of fused-ring (bicyclic) bond motifs is 1. The van der Waals surface area contributed by atoms with Crippen LogP contribution in [0.25, 0.3) is 0 Å². The SMILES string of the molecule is Cc1ccc2c(c1)N(CCC(=O)Nc1ccc([N+](=O)[O-])c(C)c1)C(=O)C(C)(C)O2. The van der Waals surface area contributed by atoms with Gasteiger partial charge in [-0.1, -0.05) is 6.07 Å². The normalized spacial score (nSPS) is 14.8. The van der Waals surface area contributed by atoms with Crippen LogP contribution in [-0.4, -0.2) is 28.9 Å². The lowest BCUT2D eigenvalue weighted by Gasteiger charge is -2.38. The second-order valence-electron chi connectivity index (χ2n) is 7.60. The lowest BCUT2D eigenvalue weighted by molar-refractivity contribution is -0.385. The first-order valence-electron chi connectivity index (χ1n) is 9.25. The van der Waals surface area contributed by atoms with Gasteiger partial charge in [0.25, 0.3) is 11.6 Å². The van der Waals surface area contributed by atoms with Crippen LogP contribution < -0.4 is 15.0 Å². The Balaban J connectivity index is 1.73. The van der Waals surface area contributed by atoms with E-state index in [-0.39, 0.29) is 30.5 Å². The van der Waals surface area contributed by atoms with Gasteiger partial charge in [-0.2, -0.15) is 0 Å². The van der Waals surface area contributed by atoms with Crippen molar-refractivity contribution in [2.24, 2.45) is 0 Å². The molecule has 8 nitrogen and oxygen atoms in total. The van der Waals surface area contributed by atoms with Gasteiger partial charge in [0, 0.05) is 30.3 Å². The van der Waals surface area contributed by atoms with Crippen LogP contribution in [0.4, 0.5) is 17.1 Å². The Morgan fingerprint density at radius 2 is 1.93 bits per heavy atom. The van der Waals surface area contributed by atoms with E-state index in [4.69, 9.17) is 4.74 Å². The zero-order chi connectivity index (χ0) is 21.3. The summed E-state index contributed by atoms with van der Waals surface area (Å²) < 4.78 is 5.82. The van der Waals surface area contributed by atoms with Crippen LogP contribution in [0, 0.1) is 24.0 Å². The summed E-state index contributed by atoms with van der Waals surface area (Å²) >= 11 is 0. The first kappa shape index (κ1) is 20.3.